The molecule has 3 rings (SSSR count). The molecule has 0 radical (unpaired) electrons. The smallest absolute Gasteiger partial charge is 0.248 e. The Hall–Kier alpha value is -2.69. The molecule has 0 saturated heterocycles. The maximum atomic E-state index is 11.4. The molecule has 1 unspecified atom stereocenters. The molecule has 0 aromatic heterocycles. The highest BCUT2D eigenvalue weighted by atomic mass is 16.5. The van der Waals surface area contributed by atoms with E-state index < -0.39 is 5.91 Å². The number of benzene rings is 2. The number of ether oxygens (including phenoxy) is 2. The lowest BCUT2D eigenvalue weighted by Crippen LogP contribution is -2.38. The number of hydrogen-bond donors (Lipinski definition) is 1. The van der Waals surface area contributed by atoms with E-state index >= 15 is 0 Å². The summed E-state index contributed by atoms with van der Waals surface area (Å²) in [4.78, 5) is 13.6. The number of methoxy groups -OCH3 is 1. The minimum atomic E-state index is -0.413. The highest BCUT2D eigenvalue weighted by Gasteiger charge is 2.23. The predicted molar refractivity (Wildman–Crippen MR) is 89.1 cm³/mol. The van der Waals surface area contributed by atoms with Crippen molar-refractivity contribution in [3.63, 3.8) is 0 Å². The third kappa shape index (κ3) is 3.23. The van der Waals surface area contributed by atoms with Crippen molar-refractivity contribution in [2.24, 2.45) is 5.73 Å². The van der Waals surface area contributed by atoms with Crippen molar-refractivity contribution < 1.29 is 14.3 Å². The van der Waals surface area contributed by atoms with Gasteiger partial charge in [0.1, 0.15) is 17.6 Å². The molecule has 1 heterocycles. The Bertz CT molecular complexity index is 730. The van der Waals surface area contributed by atoms with Crippen LogP contribution in [0.5, 0.6) is 11.5 Å². The topological polar surface area (TPSA) is 64.8 Å². The third-order valence-corrected chi connectivity index (χ3v) is 3.90. The fraction of sp³-hybridized carbons (Fsp3) is 0.278. The molecule has 5 heteroatoms. The van der Waals surface area contributed by atoms with Crippen LogP contribution in [0.15, 0.2) is 42.5 Å². The van der Waals surface area contributed by atoms with Gasteiger partial charge in [-0.05, 0) is 36.8 Å². The van der Waals surface area contributed by atoms with Crippen molar-refractivity contribution in [3.8, 4) is 11.5 Å². The first kappa shape index (κ1) is 15.2. The largest absolute Gasteiger partial charge is 0.497 e. The molecule has 0 fully saturated rings. The molecule has 1 aliphatic rings. The van der Waals surface area contributed by atoms with Crippen LogP contribution in [0.4, 0.5) is 5.69 Å². The Morgan fingerprint density at radius 1 is 1.35 bits per heavy atom. The summed E-state index contributed by atoms with van der Waals surface area (Å²) in [6.45, 7) is 3.48. The van der Waals surface area contributed by atoms with E-state index in [1.165, 1.54) is 0 Å². The quantitative estimate of drug-likeness (QED) is 0.942. The number of amides is 1. The van der Waals surface area contributed by atoms with Crippen molar-refractivity contribution in [3.05, 3.63) is 53.6 Å². The van der Waals surface area contributed by atoms with E-state index in [0.29, 0.717) is 12.1 Å². The highest BCUT2D eigenvalue weighted by Crippen LogP contribution is 2.37. The van der Waals surface area contributed by atoms with Crippen molar-refractivity contribution >= 4 is 11.6 Å². The zero-order valence-electron chi connectivity index (χ0n) is 13.3. The number of hydrogen-bond acceptors (Lipinski definition) is 4. The Balaban J connectivity index is 1.91. The summed E-state index contributed by atoms with van der Waals surface area (Å²) in [5.41, 5.74) is 7.91. The van der Waals surface area contributed by atoms with E-state index in [4.69, 9.17) is 15.2 Å². The first-order valence-corrected chi connectivity index (χ1v) is 7.55. The summed E-state index contributed by atoms with van der Waals surface area (Å²) in [6, 6.07) is 13.2. The van der Waals surface area contributed by atoms with Crippen molar-refractivity contribution in [1.82, 2.24) is 0 Å². The summed E-state index contributed by atoms with van der Waals surface area (Å²) in [5.74, 6) is 1.22. The Morgan fingerprint density at radius 2 is 2.17 bits per heavy atom. The molecule has 0 aliphatic carbocycles. The van der Waals surface area contributed by atoms with E-state index in [1.807, 2.05) is 43.3 Å². The number of nitrogens with two attached hydrogens (primary N) is 1. The molecular formula is C18H20N2O3. The second kappa shape index (κ2) is 6.20. The van der Waals surface area contributed by atoms with Crippen LogP contribution in [-0.4, -0.2) is 25.7 Å². The molecule has 1 amide bonds. The van der Waals surface area contributed by atoms with E-state index in [0.717, 1.165) is 29.3 Å². The minimum absolute atomic E-state index is 0.0928. The number of carbonyl (C=O) groups is 1. The Labute approximate surface area is 135 Å². The molecule has 2 aromatic rings. The number of fused-ring (bicyclic) bond motifs is 1. The van der Waals surface area contributed by atoms with Crippen LogP contribution in [-0.2, 0) is 6.54 Å². The zero-order chi connectivity index (χ0) is 16.4. The number of nitrogens with zero attached hydrogens (tertiary/aromatic N) is 1. The molecule has 1 atom stereocenters. The summed E-state index contributed by atoms with van der Waals surface area (Å²) in [6.07, 6.45) is 0.0928. The third-order valence-electron chi connectivity index (χ3n) is 3.90. The molecule has 120 valence electrons. The second-order valence-corrected chi connectivity index (χ2v) is 5.71. The van der Waals surface area contributed by atoms with Crippen molar-refractivity contribution in [1.29, 1.82) is 0 Å². The van der Waals surface area contributed by atoms with E-state index in [-0.39, 0.29) is 6.10 Å². The van der Waals surface area contributed by atoms with Gasteiger partial charge in [0.2, 0.25) is 5.91 Å². The second-order valence-electron chi connectivity index (χ2n) is 5.71. The summed E-state index contributed by atoms with van der Waals surface area (Å²) in [5, 5.41) is 0. The molecule has 0 bridgehead atoms. The van der Waals surface area contributed by atoms with Crippen LogP contribution in [0.1, 0.15) is 22.8 Å². The fourth-order valence-electron chi connectivity index (χ4n) is 2.83. The maximum Gasteiger partial charge on any atom is 0.248 e. The van der Waals surface area contributed by atoms with Gasteiger partial charge in [0.15, 0.2) is 0 Å². The first-order chi connectivity index (χ1) is 11.1. The zero-order valence-corrected chi connectivity index (χ0v) is 13.3. The minimum Gasteiger partial charge on any atom is -0.497 e. The van der Waals surface area contributed by atoms with Crippen LogP contribution in [0.3, 0.4) is 0 Å². The van der Waals surface area contributed by atoms with Gasteiger partial charge in [-0.15, -0.1) is 0 Å². The molecular weight excluding hydrogens is 292 g/mol. The van der Waals surface area contributed by atoms with Crippen molar-refractivity contribution in [2.75, 3.05) is 18.6 Å². The van der Waals surface area contributed by atoms with Gasteiger partial charge in [-0.2, -0.15) is 0 Å². The van der Waals surface area contributed by atoms with E-state index in [2.05, 4.69) is 4.90 Å². The van der Waals surface area contributed by atoms with Crippen LogP contribution < -0.4 is 20.1 Å². The Kier molecular flexibility index (Phi) is 4.10. The summed E-state index contributed by atoms with van der Waals surface area (Å²) in [7, 11) is 1.65. The molecule has 0 saturated carbocycles. The van der Waals surface area contributed by atoms with Crippen molar-refractivity contribution in [2.45, 2.75) is 19.6 Å². The van der Waals surface area contributed by atoms with Gasteiger partial charge >= 0.3 is 0 Å². The van der Waals surface area contributed by atoms with Crippen LogP contribution >= 0.6 is 0 Å². The number of rotatable bonds is 4. The lowest BCUT2D eigenvalue weighted by atomic mass is 10.1. The molecule has 2 aromatic carbocycles. The number of primary amides is 1. The average molecular weight is 312 g/mol. The molecule has 23 heavy (non-hydrogen) atoms. The monoisotopic (exact) mass is 312 g/mol. The number of anilines is 1. The maximum absolute atomic E-state index is 11.4. The normalized spacial score (nSPS) is 16.4. The van der Waals surface area contributed by atoms with E-state index in [9.17, 15) is 4.79 Å². The van der Waals surface area contributed by atoms with Crippen LogP contribution in [0, 0.1) is 0 Å². The average Bonchev–Trinajstić information content (AvgIpc) is 2.54. The summed E-state index contributed by atoms with van der Waals surface area (Å²) >= 11 is 0. The van der Waals surface area contributed by atoms with Gasteiger partial charge in [0, 0.05) is 18.2 Å². The molecule has 2 N–H and O–H groups in total. The van der Waals surface area contributed by atoms with Gasteiger partial charge in [-0.25, -0.2) is 0 Å². The molecule has 1 aliphatic heterocycles. The van der Waals surface area contributed by atoms with E-state index in [1.54, 1.807) is 13.2 Å². The lowest BCUT2D eigenvalue weighted by molar-refractivity contribution is 0.1000. The van der Waals surface area contributed by atoms with Gasteiger partial charge in [0.25, 0.3) is 0 Å². The number of carbonyl (C=O) groups excluding carboxylic acids is 1. The van der Waals surface area contributed by atoms with Gasteiger partial charge < -0.3 is 20.1 Å². The van der Waals surface area contributed by atoms with Gasteiger partial charge in [0.05, 0.1) is 19.3 Å². The van der Waals surface area contributed by atoms with Crippen LogP contribution in [0.2, 0.25) is 0 Å². The SMILES string of the molecule is COc1ccc2c(c1)N(Cc1cccc(C(N)=O)c1)CC(C)O2. The molecule has 0 spiro atoms. The highest BCUT2D eigenvalue weighted by molar-refractivity contribution is 5.92. The lowest BCUT2D eigenvalue weighted by Gasteiger charge is -2.35. The van der Waals surface area contributed by atoms with Gasteiger partial charge in [-0.3, -0.25) is 4.79 Å². The van der Waals surface area contributed by atoms with Gasteiger partial charge in [-0.1, -0.05) is 12.1 Å². The summed E-state index contributed by atoms with van der Waals surface area (Å²) < 4.78 is 11.2. The molecule has 5 nitrogen and oxygen atoms in total. The first-order valence-electron chi connectivity index (χ1n) is 7.55. The van der Waals surface area contributed by atoms with Crippen LogP contribution in [0.25, 0.3) is 0 Å². The fourth-order valence-corrected chi connectivity index (χ4v) is 2.83. The Morgan fingerprint density at radius 3 is 2.91 bits per heavy atom. The predicted octanol–water partition coefficient (Wildman–Crippen LogP) is 2.58. The standard InChI is InChI=1S/C18H20N2O3/c1-12-10-20(11-13-4-3-5-14(8-13)18(19)21)16-9-15(22-2)6-7-17(16)23-12/h3-9,12H,10-11H2,1-2H3,(H2,19,21).